The Labute approximate surface area is 127 Å². The Hall–Kier alpha value is 0.350. The van der Waals surface area contributed by atoms with Crippen LogP contribution in [-0.4, -0.2) is 30.6 Å². The van der Waals surface area contributed by atoms with Gasteiger partial charge in [-0.05, 0) is 31.3 Å². The fourth-order valence-electron chi connectivity index (χ4n) is 2.09. The Morgan fingerprint density at radius 3 is 2.53 bits per heavy atom. The summed E-state index contributed by atoms with van der Waals surface area (Å²) in [4.78, 5) is 4.36. The fourth-order valence-corrected chi connectivity index (χ4v) is 2.50. The van der Waals surface area contributed by atoms with Crippen molar-refractivity contribution < 1.29 is 0 Å². The van der Waals surface area contributed by atoms with E-state index in [9.17, 15) is 0 Å². The second-order valence-corrected chi connectivity index (χ2v) is 5.43. The van der Waals surface area contributed by atoms with Crippen LogP contribution in [0.3, 0.4) is 0 Å². The van der Waals surface area contributed by atoms with Gasteiger partial charge in [-0.2, -0.15) is 11.8 Å². The van der Waals surface area contributed by atoms with E-state index in [2.05, 4.69) is 16.6 Å². The highest BCUT2D eigenvalue weighted by Gasteiger charge is 2.11. The Balaban J connectivity index is 0.00000256. The van der Waals surface area contributed by atoms with Gasteiger partial charge in [0.25, 0.3) is 0 Å². The molecule has 1 saturated carbocycles. The van der Waals surface area contributed by atoms with Gasteiger partial charge in [0.2, 0.25) is 0 Å². The minimum absolute atomic E-state index is 0. The van der Waals surface area contributed by atoms with Gasteiger partial charge >= 0.3 is 0 Å². The number of hydrogen-bond acceptors (Lipinski definition) is 2. The van der Waals surface area contributed by atoms with Crippen LogP contribution in [0.2, 0.25) is 0 Å². The number of halogens is 1. The lowest BCUT2D eigenvalue weighted by atomic mass is 10.1. The molecular weight excluding hydrogens is 345 g/mol. The summed E-state index contributed by atoms with van der Waals surface area (Å²) in [6.45, 7) is 0.854. The van der Waals surface area contributed by atoms with Crippen molar-refractivity contribution in [3.63, 3.8) is 0 Å². The standard InChI is InChI=1S/C12H25N3S.HI/c1-16-10-6-9-14-12(13)15-11-7-4-2-3-5-8-11;/h11H,2-10H2,1H3,(H3,13,14,15);1H. The van der Waals surface area contributed by atoms with Crippen LogP contribution >= 0.6 is 35.7 Å². The van der Waals surface area contributed by atoms with Crippen LogP contribution in [0.4, 0.5) is 0 Å². The van der Waals surface area contributed by atoms with E-state index in [4.69, 9.17) is 5.73 Å². The quantitative estimate of drug-likeness (QED) is 0.257. The molecule has 0 aromatic carbocycles. The van der Waals surface area contributed by atoms with Gasteiger partial charge in [-0.25, -0.2) is 0 Å². The Morgan fingerprint density at radius 2 is 1.94 bits per heavy atom. The molecule has 0 aromatic heterocycles. The molecule has 3 N–H and O–H groups in total. The fraction of sp³-hybridized carbons (Fsp3) is 0.917. The summed E-state index contributed by atoms with van der Waals surface area (Å²) in [5.74, 6) is 1.81. The van der Waals surface area contributed by atoms with Gasteiger partial charge in [0.05, 0.1) is 0 Å². The molecule has 1 aliphatic carbocycles. The number of aliphatic imine (C=N–C) groups is 1. The normalized spacial score (nSPS) is 18.3. The lowest BCUT2D eigenvalue weighted by Gasteiger charge is -2.16. The zero-order valence-corrected chi connectivity index (χ0v) is 13.9. The highest BCUT2D eigenvalue weighted by atomic mass is 127. The van der Waals surface area contributed by atoms with Crippen molar-refractivity contribution in [3.8, 4) is 0 Å². The summed E-state index contributed by atoms with van der Waals surface area (Å²) in [7, 11) is 0. The molecule has 102 valence electrons. The van der Waals surface area contributed by atoms with Gasteiger partial charge in [-0.3, -0.25) is 4.99 Å². The molecule has 0 saturated heterocycles. The molecule has 1 aliphatic rings. The number of rotatable bonds is 5. The monoisotopic (exact) mass is 371 g/mol. The molecule has 3 nitrogen and oxygen atoms in total. The van der Waals surface area contributed by atoms with E-state index in [1.165, 1.54) is 44.3 Å². The van der Waals surface area contributed by atoms with E-state index >= 15 is 0 Å². The number of thioether (sulfide) groups is 1. The maximum Gasteiger partial charge on any atom is 0.188 e. The second kappa shape index (κ2) is 11.4. The summed E-state index contributed by atoms with van der Waals surface area (Å²) in [6, 6.07) is 0.562. The van der Waals surface area contributed by atoms with E-state index in [1.54, 1.807) is 0 Å². The molecular formula is C12H26IN3S. The summed E-state index contributed by atoms with van der Waals surface area (Å²) in [5, 5.41) is 3.36. The summed E-state index contributed by atoms with van der Waals surface area (Å²) in [5.41, 5.74) is 5.87. The first-order chi connectivity index (χ1) is 7.83. The van der Waals surface area contributed by atoms with E-state index < -0.39 is 0 Å². The number of nitrogens with zero attached hydrogens (tertiary/aromatic N) is 1. The van der Waals surface area contributed by atoms with Gasteiger partial charge in [0.15, 0.2) is 5.96 Å². The van der Waals surface area contributed by atoms with E-state index in [1.807, 2.05) is 11.8 Å². The van der Waals surface area contributed by atoms with Crippen LogP contribution in [0.15, 0.2) is 4.99 Å². The maximum atomic E-state index is 5.87. The van der Waals surface area contributed by atoms with E-state index in [0.29, 0.717) is 12.0 Å². The van der Waals surface area contributed by atoms with Crippen LogP contribution in [0.5, 0.6) is 0 Å². The van der Waals surface area contributed by atoms with Crippen LogP contribution in [0, 0.1) is 0 Å². The molecule has 5 heteroatoms. The zero-order chi connectivity index (χ0) is 11.6. The molecule has 0 heterocycles. The largest absolute Gasteiger partial charge is 0.370 e. The molecule has 0 aromatic rings. The van der Waals surface area contributed by atoms with Gasteiger partial charge in [-0.1, -0.05) is 25.7 Å². The van der Waals surface area contributed by atoms with Gasteiger partial charge in [-0.15, -0.1) is 24.0 Å². The molecule has 0 radical (unpaired) electrons. The Bertz CT molecular complexity index is 204. The van der Waals surface area contributed by atoms with Gasteiger partial charge < -0.3 is 11.1 Å². The second-order valence-electron chi connectivity index (χ2n) is 4.45. The topological polar surface area (TPSA) is 50.4 Å². The molecule has 1 fully saturated rings. The number of guanidine groups is 1. The predicted octanol–water partition coefficient (Wildman–Crippen LogP) is 2.98. The molecule has 1 rings (SSSR count). The van der Waals surface area contributed by atoms with Crippen molar-refractivity contribution in [3.05, 3.63) is 0 Å². The minimum Gasteiger partial charge on any atom is -0.370 e. The van der Waals surface area contributed by atoms with E-state index in [0.717, 1.165) is 13.0 Å². The van der Waals surface area contributed by atoms with Gasteiger partial charge in [0, 0.05) is 12.6 Å². The van der Waals surface area contributed by atoms with Crippen molar-refractivity contribution in [1.82, 2.24) is 5.32 Å². The predicted molar refractivity (Wildman–Crippen MR) is 89.5 cm³/mol. The molecule has 17 heavy (non-hydrogen) atoms. The first kappa shape index (κ1) is 17.4. The molecule has 0 atom stereocenters. The van der Waals surface area contributed by atoms with Crippen LogP contribution in [-0.2, 0) is 0 Å². The summed E-state index contributed by atoms with van der Waals surface area (Å²) < 4.78 is 0. The Morgan fingerprint density at radius 1 is 1.29 bits per heavy atom. The summed E-state index contributed by atoms with van der Waals surface area (Å²) in [6.07, 6.45) is 11.2. The zero-order valence-electron chi connectivity index (χ0n) is 10.8. The average Bonchev–Trinajstić information content (AvgIpc) is 2.53. The first-order valence-corrected chi connectivity index (χ1v) is 7.77. The van der Waals surface area contributed by atoms with Crippen molar-refractivity contribution >= 4 is 41.7 Å². The molecule has 0 amide bonds. The van der Waals surface area contributed by atoms with Crippen LogP contribution in [0.25, 0.3) is 0 Å². The van der Waals surface area contributed by atoms with Crippen LogP contribution in [0.1, 0.15) is 44.9 Å². The lowest BCUT2D eigenvalue weighted by molar-refractivity contribution is 0.530. The third-order valence-corrected chi connectivity index (χ3v) is 3.69. The highest BCUT2D eigenvalue weighted by Crippen LogP contribution is 2.16. The third-order valence-electron chi connectivity index (χ3n) is 3.00. The Kier molecular flexibility index (Phi) is 11.7. The van der Waals surface area contributed by atoms with E-state index in [-0.39, 0.29) is 24.0 Å². The van der Waals surface area contributed by atoms with Gasteiger partial charge in [0.1, 0.15) is 0 Å². The molecule has 0 spiro atoms. The SMILES string of the molecule is CSCCCN=C(N)NC1CCCCCC1.I. The van der Waals surface area contributed by atoms with Crippen molar-refractivity contribution in [2.75, 3.05) is 18.6 Å². The first-order valence-electron chi connectivity index (χ1n) is 6.38. The third kappa shape index (κ3) is 8.99. The number of nitrogens with one attached hydrogen (secondary N) is 1. The number of hydrogen-bond donors (Lipinski definition) is 2. The summed E-state index contributed by atoms with van der Waals surface area (Å²) >= 11 is 1.86. The smallest absolute Gasteiger partial charge is 0.188 e. The van der Waals surface area contributed by atoms with Crippen LogP contribution < -0.4 is 11.1 Å². The maximum absolute atomic E-state index is 5.87. The average molecular weight is 371 g/mol. The lowest BCUT2D eigenvalue weighted by Crippen LogP contribution is -2.39. The van der Waals surface area contributed by atoms with Crippen molar-refractivity contribution in [2.24, 2.45) is 10.7 Å². The van der Waals surface area contributed by atoms with Crippen molar-refractivity contribution in [1.29, 1.82) is 0 Å². The molecule has 0 aliphatic heterocycles. The highest BCUT2D eigenvalue weighted by molar-refractivity contribution is 14.0. The molecule has 0 bridgehead atoms. The molecule has 0 unspecified atom stereocenters. The van der Waals surface area contributed by atoms with Crippen molar-refractivity contribution in [2.45, 2.75) is 51.0 Å². The number of nitrogens with two attached hydrogens (primary N) is 1. The minimum atomic E-state index is 0.